The van der Waals surface area contributed by atoms with E-state index in [1.54, 1.807) is 0 Å². The van der Waals surface area contributed by atoms with E-state index in [9.17, 15) is 5.21 Å². The van der Waals surface area contributed by atoms with Crippen molar-refractivity contribution in [1.82, 2.24) is 0 Å². The molecule has 0 saturated carbocycles. The van der Waals surface area contributed by atoms with Crippen molar-refractivity contribution in [3.05, 3.63) is 41.1 Å². The first kappa shape index (κ1) is 10.7. The molecule has 1 aliphatic rings. The van der Waals surface area contributed by atoms with Crippen molar-refractivity contribution in [1.29, 1.82) is 0 Å². The highest BCUT2D eigenvalue weighted by Crippen LogP contribution is 2.17. The van der Waals surface area contributed by atoms with E-state index in [4.69, 9.17) is 0 Å². The van der Waals surface area contributed by atoms with Gasteiger partial charge in [0, 0.05) is 0 Å². The summed E-state index contributed by atoms with van der Waals surface area (Å²) in [6.07, 6.45) is 4.65. The summed E-state index contributed by atoms with van der Waals surface area (Å²) < 4.78 is 0. The number of benzene rings is 1. The molecule has 1 heterocycles. The van der Waals surface area contributed by atoms with Gasteiger partial charge in [0.05, 0.1) is 13.1 Å². The van der Waals surface area contributed by atoms with Gasteiger partial charge in [-0.15, -0.1) is 0 Å². The third-order valence-electron chi connectivity index (χ3n) is 3.35. The predicted octanol–water partition coefficient (Wildman–Crippen LogP) is 1.41. The van der Waals surface area contributed by atoms with Gasteiger partial charge >= 0.3 is 0 Å². The van der Waals surface area contributed by atoms with E-state index in [2.05, 4.69) is 30.3 Å². The zero-order chi connectivity index (χ0) is 10.5. The van der Waals surface area contributed by atoms with Gasteiger partial charge in [0.1, 0.15) is 0 Å². The van der Waals surface area contributed by atoms with Gasteiger partial charge in [0.2, 0.25) is 0 Å². The van der Waals surface area contributed by atoms with Crippen LogP contribution >= 0.6 is 0 Å². The molecule has 0 spiro atoms. The lowest BCUT2D eigenvalue weighted by molar-refractivity contribution is -0.854. The highest BCUT2D eigenvalue weighted by molar-refractivity contribution is 5.14. The third-order valence-corrected chi connectivity index (χ3v) is 3.35. The molecule has 1 fully saturated rings. The van der Waals surface area contributed by atoms with Gasteiger partial charge < -0.3 is 10.3 Å². The SMILES string of the molecule is [O-][NH+]1CCC(CCc2ccccc2)CC1. The van der Waals surface area contributed by atoms with Crippen molar-refractivity contribution >= 4 is 0 Å². The largest absolute Gasteiger partial charge is 0.634 e. The second-order valence-corrected chi connectivity index (χ2v) is 4.51. The molecule has 0 aromatic heterocycles. The molecule has 15 heavy (non-hydrogen) atoms. The zero-order valence-electron chi connectivity index (χ0n) is 9.11. The molecule has 1 aliphatic heterocycles. The van der Waals surface area contributed by atoms with Crippen LogP contribution in [0, 0.1) is 11.1 Å². The molecule has 82 valence electrons. The van der Waals surface area contributed by atoms with E-state index in [1.165, 1.54) is 18.4 Å². The molecule has 1 saturated heterocycles. The molecule has 2 nitrogen and oxygen atoms in total. The molecule has 2 rings (SSSR count). The van der Waals surface area contributed by atoms with Gasteiger partial charge in [0.15, 0.2) is 0 Å². The summed E-state index contributed by atoms with van der Waals surface area (Å²) in [5.74, 6) is 0.780. The molecular weight excluding hydrogens is 186 g/mol. The average molecular weight is 205 g/mol. The van der Waals surface area contributed by atoms with Crippen molar-refractivity contribution < 1.29 is 5.06 Å². The van der Waals surface area contributed by atoms with Crippen molar-refractivity contribution in [2.75, 3.05) is 13.1 Å². The number of nitrogens with one attached hydrogen (secondary N) is 1. The van der Waals surface area contributed by atoms with Crippen molar-refractivity contribution in [2.24, 2.45) is 5.92 Å². The Balaban J connectivity index is 1.74. The zero-order valence-corrected chi connectivity index (χ0v) is 9.11. The molecule has 0 bridgehead atoms. The molecule has 0 unspecified atom stereocenters. The number of quaternary nitrogens is 1. The average Bonchev–Trinajstić information content (AvgIpc) is 2.30. The lowest BCUT2D eigenvalue weighted by Gasteiger charge is -2.31. The Morgan fingerprint density at radius 3 is 2.47 bits per heavy atom. The van der Waals surface area contributed by atoms with Gasteiger partial charge in [-0.25, -0.2) is 0 Å². The minimum absolute atomic E-state index is 0.464. The van der Waals surface area contributed by atoms with E-state index in [0.717, 1.165) is 31.8 Å². The van der Waals surface area contributed by atoms with Crippen LogP contribution in [0.4, 0.5) is 0 Å². The highest BCUT2D eigenvalue weighted by atomic mass is 16.5. The van der Waals surface area contributed by atoms with E-state index in [-0.39, 0.29) is 0 Å². The summed E-state index contributed by atoms with van der Waals surface area (Å²) in [6.45, 7) is 1.64. The van der Waals surface area contributed by atoms with Crippen molar-refractivity contribution in [2.45, 2.75) is 25.7 Å². The maximum atomic E-state index is 11.1. The van der Waals surface area contributed by atoms with Crippen LogP contribution in [0.3, 0.4) is 0 Å². The topological polar surface area (TPSA) is 27.5 Å². The molecule has 1 aromatic carbocycles. The summed E-state index contributed by atoms with van der Waals surface area (Å²) in [5.41, 5.74) is 1.43. The summed E-state index contributed by atoms with van der Waals surface area (Å²) in [7, 11) is 0. The van der Waals surface area contributed by atoms with E-state index in [1.807, 2.05) is 0 Å². The summed E-state index contributed by atoms with van der Waals surface area (Å²) in [5, 5.41) is 11.5. The first-order valence-electron chi connectivity index (χ1n) is 5.90. The van der Waals surface area contributed by atoms with Crippen LogP contribution in [-0.2, 0) is 6.42 Å². The fourth-order valence-electron chi connectivity index (χ4n) is 2.30. The molecule has 1 N–H and O–H groups in total. The fourth-order valence-corrected chi connectivity index (χ4v) is 2.30. The maximum absolute atomic E-state index is 11.1. The molecular formula is C13H19NO. The molecule has 0 radical (unpaired) electrons. The molecule has 0 amide bonds. The van der Waals surface area contributed by atoms with Crippen LogP contribution in [0.5, 0.6) is 0 Å². The number of aryl methyl sites for hydroxylation is 1. The van der Waals surface area contributed by atoms with Crippen LogP contribution in [-0.4, -0.2) is 13.1 Å². The number of hydroxylamine groups is 2. The van der Waals surface area contributed by atoms with Gasteiger partial charge in [-0.2, -0.15) is 0 Å². The lowest BCUT2D eigenvalue weighted by Crippen LogP contribution is -3.08. The summed E-state index contributed by atoms with van der Waals surface area (Å²) >= 11 is 0. The fraction of sp³-hybridized carbons (Fsp3) is 0.538. The maximum Gasteiger partial charge on any atom is 0.0770 e. The number of hydrogen-bond acceptors (Lipinski definition) is 1. The minimum atomic E-state index is 0.464. The van der Waals surface area contributed by atoms with E-state index < -0.39 is 0 Å². The monoisotopic (exact) mass is 205 g/mol. The molecule has 0 atom stereocenters. The van der Waals surface area contributed by atoms with E-state index in [0.29, 0.717) is 5.06 Å². The second-order valence-electron chi connectivity index (χ2n) is 4.51. The quantitative estimate of drug-likeness (QED) is 0.742. The van der Waals surface area contributed by atoms with Crippen LogP contribution in [0.25, 0.3) is 0 Å². The Hall–Kier alpha value is -0.860. The van der Waals surface area contributed by atoms with Gasteiger partial charge in [-0.3, -0.25) is 0 Å². The second kappa shape index (κ2) is 5.29. The predicted molar refractivity (Wildman–Crippen MR) is 61.6 cm³/mol. The van der Waals surface area contributed by atoms with Gasteiger partial charge in [-0.1, -0.05) is 30.3 Å². The van der Waals surface area contributed by atoms with E-state index >= 15 is 0 Å². The first-order chi connectivity index (χ1) is 7.34. The van der Waals surface area contributed by atoms with Gasteiger partial charge in [0.25, 0.3) is 0 Å². The Labute approximate surface area is 91.5 Å². The Bertz CT molecular complexity index is 278. The molecule has 0 aliphatic carbocycles. The van der Waals surface area contributed by atoms with Gasteiger partial charge in [-0.05, 0) is 37.2 Å². The van der Waals surface area contributed by atoms with Crippen molar-refractivity contribution in [3.8, 4) is 0 Å². The Kier molecular flexibility index (Phi) is 3.75. The number of hydrogen-bond donors (Lipinski definition) is 1. The third kappa shape index (κ3) is 3.33. The standard InChI is InChI=1S/C13H19NO/c15-14-10-8-13(9-11-14)7-6-12-4-2-1-3-5-12/h1-5,13-14H,6-11H2. The van der Waals surface area contributed by atoms with Crippen LogP contribution in [0.15, 0.2) is 30.3 Å². The Morgan fingerprint density at radius 1 is 1.13 bits per heavy atom. The lowest BCUT2D eigenvalue weighted by atomic mass is 9.91. The van der Waals surface area contributed by atoms with Crippen molar-refractivity contribution in [3.63, 3.8) is 0 Å². The van der Waals surface area contributed by atoms with Crippen LogP contribution in [0.2, 0.25) is 0 Å². The normalized spacial score (nSPS) is 26.5. The number of piperidine rings is 1. The summed E-state index contributed by atoms with van der Waals surface area (Å²) in [4.78, 5) is 0. The summed E-state index contributed by atoms with van der Waals surface area (Å²) in [6, 6.07) is 10.6. The minimum Gasteiger partial charge on any atom is -0.634 e. The first-order valence-corrected chi connectivity index (χ1v) is 5.90. The molecule has 1 aromatic rings. The highest BCUT2D eigenvalue weighted by Gasteiger charge is 2.17. The molecule has 2 heteroatoms. The van der Waals surface area contributed by atoms with Crippen LogP contribution < -0.4 is 5.06 Å². The number of rotatable bonds is 3. The van der Waals surface area contributed by atoms with Crippen LogP contribution in [0.1, 0.15) is 24.8 Å². The Morgan fingerprint density at radius 2 is 1.80 bits per heavy atom. The smallest absolute Gasteiger partial charge is 0.0770 e.